The van der Waals surface area contributed by atoms with E-state index in [2.05, 4.69) is 60.9 Å². The summed E-state index contributed by atoms with van der Waals surface area (Å²) in [6.07, 6.45) is 0. The molecule has 190 valence electrons. The number of imidazole rings is 1. The minimum absolute atomic E-state index is 0.0355. The molecule has 7 rings (SSSR count). The average molecular weight is 529 g/mol. The highest BCUT2D eigenvalue weighted by Crippen LogP contribution is 2.43. The number of fused-ring (bicyclic) bond motifs is 4. The van der Waals surface area contributed by atoms with Gasteiger partial charge in [0.2, 0.25) is 0 Å². The predicted octanol–water partition coefficient (Wildman–Crippen LogP) is 10.3. The van der Waals surface area contributed by atoms with Gasteiger partial charge in [-0.15, -0.1) is 11.3 Å². The lowest BCUT2D eigenvalue weighted by Crippen LogP contribution is -2.02. The highest BCUT2D eigenvalue weighted by molar-refractivity contribution is 7.26. The fraction of sp³-hybridized carbons (Fsp3) is 0.139. The van der Waals surface area contributed by atoms with Crippen molar-refractivity contribution >= 4 is 42.5 Å². The van der Waals surface area contributed by atoms with Crippen molar-refractivity contribution in [2.24, 2.45) is 0 Å². The molecule has 0 N–H and O–H groups in total. The fourth-order valence-electron chi connectivity index (χ4n) is 5.89. The largest absolute Gasteiger partial charge is 0.292 e. The maximum Gasteiger partial charge on any atom is 0.147 e. The zero-order valence-corrected chi connectivity index (χ0v) is 22.8. The van der Waals surface area contributed by atoms with Gasteiger partial charge in [0.05, 0.1) is 16.7 Å². The van der Waals surface area contributed by atoms with Crippen molar-refractivity contribution in [1.82, 2.24) is 9.55 Å². The van der Waals surface area contributed by atoms with Crippen molar-refractivity contribution in [2.75, 3.05) is 0 Å². The molecule has 0 aliphatic rings. The fourth-order valence-corrected chi connectivity index (χ4v) is 7.08. The Morgan fingerprint density at radius 2 is 1.51 bits per heavy atom. The highest BCUT2D eigenvalue weighted by Gasteiger charge is 2.20. The van der Waals surface area contributed by atoms with E-state index in [0.29, 0.717) is 11.1 Å². The minimum Gasteiger partial charge on any atom is -0.292 e. The molecule has 2 heterocycles. The standard InChI is InChI=1S/C36H30N2S/c1-21-18-24(4)33(25(5)19-21)26-16-17-32-29(20-26)27-12-9-13-28(35(27)39-32)36-37-30-14-6-7-15-31(30)38(36)34-22(2)10-8-11-23(34)3/h6-20H,1-5H3/i1D3,4D3. The van der Waals surface area contributed by atoms with Crippen LogP contribution in [-0.2, 0) is 0 Å². The maximum atomic E-state index is 8.26. The summed E-state index contributed by atoms with van der Waals surface area (Å²) in [5.74, 6) is 0.867. The summed E-state index contributed by atoms with van der Waals surface area (Å²) in [7, 11) is 0. The van der Waals surface area contributed by atoms with E-state index in [1.165, 1.54) is 6.07 Å². The summed E-state index contributed by atoms with van der Waals surface area (Å²) in [6, 6.07) is 29.7. The van der Waals surface area contributed by atoms with Crippen LogP contribution in [-0.4, -0.2) is 9.55 Å². The highest BCUT2D eigenvalue weighted by atomic mass is 32.1. The Hall–Kier alpha value is -4.21. The number of rotatable bonds is 3. The molecule has 0 saturated heterocycles. The number of aromatic nitrogens is 2. The summed E-state index contributed by atoms with van der Waals surface area (Å²) in [4.78, 5) is 5.17. The van der Waals surface area contributed by atoms with Crippen LogP contribution in [0, 0.1) is 34.5 Å². The molecule has 0 saturated carbocycles. The summed E-state index contributed by atoms with van der Waals surface area (Å²) in [5.41, 5.74) is 8.44. The molecule has 2 aromatic heterocycles. The van der Waals surface area contributed by atoms with Crippen LogP contribution in [0.5, 0.6) is 0 Å². The lowest BCUT2D eigenvalue weighted by Gasteiger charge is -2.15. The van der Waals surface area contributed by atoms with Crippen LogP contribution in [0.15, 0.2) is 91.0 Å². The number of aryl methyl sites for hydroxylation is 5. The van der Waals surface area contributed by atoms with E-state index in [9.17, 15) is 0 Å². The number of thiophene rings is 1. The number of nitrogens with zero attached hydrogens (tertiary/aromatic N) is 2. The normalized spacial score (nSPS) is 14.6. The topological polar surface area (TPSA) is 17.8 Å². The molecule has 0 bridgehead atoms. The molecule has 0 atom stereocenters. The molecule has 0 unspecified atom stereocenters. The maximum absolute atomic E-state index is 8.26. The Morgan fingerprint density at radius 3 is 2.33 bits per heavy atom. The molecule has 0 amide bonds. The Labute approximate surface area is 241 Å². The molecular formula is C36H30N2S. The van der Waals surface area contributed by atoms with Crippen molar-refractivity contribution in [3.63, 3.8) is 0 Å². The van der Waals surface area contributed by atoms with Gasteiger partial charge in [0.1, 0.15) is 5.82 Å². The predicted molar refractivity (Wildman–Crippen MR) is 169 cm³/mol. The van der Waals surface area contributed by atoms with Crippen LogP contribution in [0.4, 0.5) is 0 Å². The molecule has 2 nitrogen and oxygen atoms in total. The van der Waals surface area contributed by atoms with Gasteiger partial charge in [-0.25, -0.2) is 4.98 Å². The molecule has 0 aliphatic heterocycles. The third-order valence-corrected chi connectivity index (χ3v) is 8.81. The van der Waals surface area contributed by atoms with Crippen molar-refractivity contribution in [2.45, 2.75) is 34.5 Å². The van der Waals surface area contributed by atoms with Crippen molar-refractivity contribution in [3.05, 3.63) is 119 Å². The molecule has 7 aromatic rings. The summed E-state index contributed by atoms with van der Waals surface area (Å²) in [6.45, 7) is 1.16. The Bertz CT molecular complexity index is 2270. The first kappa shape index (κ1) is 18.1. The van der Waals surface area contributed by atoms with Crippen LogP contribution in [0.25, 0.3) is 59.4 Å². The van der Waals surface area contributed by atoms with Gasteiger partial charge in [-0.1, -0.05) is 66.2 Å². The molecule has 0 fully saturated rings. The lowest BCUT2D eigenvalue weighted by molar-refractivity contribution is 1.07. The van der Waals surface area contributed by atoms with E-state index in [0.717, 1.165) is 65.0 Å². The zero-order valence-electron chi connectivity index (χ0n) is 28.0. The Morgan fingerprint density at radius 1 is 0.718 bits per heavy atom. The van der Waals surface area contributed by atoms with E-state index in [1.54, 1.807) is 24.3 Å². The molecule has 0 spiro atoms. The van der Waals surface area contributed by atoms with E-state index in [4.69, 9.17) is 13.2 Å². The van der Waals surface area contributed by atoms with Gasteiger partial charge in [0.15, 0.2) is 0 Å². The number of benzene rings is 5. The first-order valence-electron chi connectivity index (χ1n) is 16.0. The molecule has 5 aromatic carbocycles. The van der Waals surface area contributed by atoms with Gasteiger partial charge in [-0.2, -0.15) is 0 Å². The van der Waals surface area contributed by atoms with Gasteiger partial charge in [0, 0.05) is 34.0 Å². The minimum atomic E-state index is -2.48. The number of para-hydroxylation sites is 3. The molecule has 0 aliphatic carbocycles. The van der Waals surface area contributed by atoms with E-state index in [1.807, 2.05) is 36.4 Å². The second-order valence-corrected chi connectivity index (χ2v) is 11.3. The summed E-state index contributed by atoms with van der Waals surface area (Å²) >= 11 is 1.69. The van der Waals surface area contributed by atoms with Crippen molar-refractivity contribution in [3.8, 4) is 28.2 Å². The molecule has 3 heteroatoms. The molecular weight excluding hydrogens is 492 g/mol. The second kappa shape index (κ2) is 8.93. The summed E-state index contributed by atoms with van der Waals surface area (Å²) < 4.78 is 52.9. The zero-order chi connectivity index (χ0) is 31.8. The molecule has 0 radical (unpaired) electrons. The first-order valence-corrected chi connectivity index (χ1v) is 13.8. The van der Waals surface area contributed by atoms with Gasteiger partial charge in [-0.3, -0.25) is 4.57 Å². The quantitative estimate of drug-likeness (QED) is 0.223. The van der Waals surface area contributed by atoms with Crippen LogP contribution in [0.1, 0.15) is 36.0 Å². The Kier molecular flexibility index (Phi) is 4.15. The number of hydrogen-bond acceptors (Lipinski definition) is 2. The van der Waals surface area contributed by atoms with Crippen LogP contribution in [0.2, 0.25) is 0 Å². The third-order valence-electron chi connectivity index (χ3n) is 7.59. The van der Waals surface area contributed by atoms with Gasteiger partial charge < -0.3 is 0 Å². The summed E-state index contributed by atoms with van der Waals surface area (Å²) in [5, 5.41) is 2.07. The van der Waals surface area contributed by atoms with Crippen molar-refractivity contribution < 1.29 is 8.22 Å². The number of hydrogen-bond donors (Lipinski definition) is 0. The van der Waals surface area contributed by atoms with Gasteiger partial charge in [0.25, 0.3) is 0 Å². The molecule has 39 heavy (non-hydrogen) atoms. The monoisotopic (exact) mass is 528 g/mol. The lowest BCUT2D eigenvalue weighted by atomic mass is 9.93. The first-order chi connectivity index (χ1) is 21.3. The van der Waals surface area contributed by atoms with Crippen LogP contribution >= 0.6 is 11.3 Å². The SMILES string of the molecule is [2H]C([2H])([2H])c1cc(C)c(-c2ccc3sc4c(-c5nc6ccccc6n5-c5c(C)cccc5C)cccc4c3c2)c(C([2H])([2H])[2H])c1. The van der Waals surface area contributed by atoms with E-state index < -0.39 is 13.7 Å². The average Bonchev–Trinajstić information content (AvgIpc) is 3.54. The van der Waals surface area contributed by atoms with Crippen LogP contribution < -0.4 is 0 Å². The van der Waals surface area contributed by atoms with Crippen LogP contribution in [0.3, 0.4) is 0 Å². The van der Waals surface area contributed by atoms with Gasteiger partial charge >= 0.3 is 0 Å². The third kappa shape index (κ3) is 3.72. The van der Waals surface area contributed by atoms with Gasteiger partial charge in [-0.05, 0) is 98.2 Å². The second-order valence-electron chi connectivity index (χ2n) is 10.2. The van der Waals surface area contributed by atoms with E-state index >= 15 is 0 Å². The van der Waals surface area contributed by atoms with E-state index in [-0.39, 0.29) is 11.1 Å². The van der Waals surface area contributed by atoms with Crippen molar-refractivity contribution in [1.29, 1.82) is 0 Å². The Balaban J connectivity index is 1.48. The smallest absolute Gasteiger partial charge is 0.147 e.